The molecule has 0 aromatic heterocycles. The van der Waals surface area contributed by atoms with Crippen molar-refractivity contribution in [2.24, 2.45) is 28.6 Å². The van der Waals surface area contributed by atoms with Crippen molar-refractivity contribution in [3.05, 3.63) is 11.6 Å². The number of aliphatic hydroxyl groups excluding tert-OH is 2. The van der Waals surface area contributed by atoms with E-state index >= 15 is 0 Å². The number of rotatable bonds is 1. The molecule has 1 saturated heterocycles. The van der Waals surface area contributed by atoms with Gasteiger partial charge in [-0.2, -0.15) is 0 Å². The van der Waals surface area contributed by atoms with Crippen LogP contribution in [0, 0.1) is 28.6 Å². The third kappa shape index (κ3) is 1.96. The van der Waals surface area contributed by atoms with E-state index in [1.54, 1.807) is 0 Å². The summed E-state index contributed by atoms with van der Waals surface area (Å²) in [6.07, 6.45) is 5.75. The largest absolute Gasteiger partial charge is 0.393 e. The lowest BCUT2D eigenvalue weighted by Gasteiger charge is -2.60. The predicted octanol–water partition coefficient (Wildman–Crippen LogP) is 0.911. The van der Waals surface area contributed by atoms with Crippen molar-refractivity contribution in [1.82, 2.24) is 0 Å². The number of ketones is 1. The maximum atomic E-state index is 11.9. The standard InChI is InChI=1S/C21H30O6/c1-18-6-4-13(23)8-12(18)2-3-14-15-5-7-20(25)19(15,9-16(24)17(14)18)11-27-21(20,26)10-22/h8,14-17,22,24-26H,2-7,9-11H2,1H3/t14-,15-,16-,17+,18-,19+,20+,21+/m0/s1. The van der Waals surface area contributed by atoms with Crippen LogP contribution in [0.2, 0.25) is 0 Å². The second kappa shape index (κ2) is 5.42. The van der Waals surface area contributed by atoms with E-state index in [0.717, 1.165) is 25.7 Å². The van der Waals surface area contributed by atoms with Crippen molar-refractivity contribution in [3.8, 4) is 0 Å². The van der Waals surface area contributed by atoms with Gasteiger partial charge in [0.2, 0.25) is 5.79 Å². The van der Waals surface area contributed by atoms with E-state index < -0.39 is 29.5 Å². The fraction of sp³-hybridized carbons (Fsp3) is 0.857. The minimum atomic E-state index is -1.95. The molecule has 4 N–H and O–H groups in total. The Hall–Kier alpha value is -0.790. The van der Waals surface area contributed by atoms with E-state index in [9.17, 15) is 25.2 Å². The molecule has 1 heterocycles. The molecule has 1 aliphatic heterocycles. The Morgan fingerprint density at radius 3 is 2.74 bits per heavy atom. The van der Waals surface area contributed by atoms with E-state index in [-0.39, 0.29) is 35.6 Å². The highest BCUT2D eigenvalue weighted by Gasteiger charge is 2.77. The third-order valence-corrected chi connectivity index (χ3v) is 9.19. The van der Waals surface area contributed by atoms with Crippen molar-refractivity contribution in [1.29, 1.82) is 0 Å². The van der Waals surface area contributed by atoms with Crippen LogP contribution in [0.15, 0.2) is 11.6 Å². The Bertz CT molecular complexity index is 719. The molecule has 4 aliphatic carbocycles. The minimum absolute atomic E-state index is 0.0615. The highest BCUT2D eigenvalue weighted by atomic mass is 16.7. The van der Waals surface area contributed by atoms with E-state index in [1.807, 2.05) is 6.08 Å². The van der Waals surface area contributed by atoms with E-state index in [2.05, 4.69) is 6.92 Å². The predicted molar refractivity (Wildman–Crippen MR) is 95.4 cm³/mol. The topological polar surface area (TPSA) is 107 Å². The van der Waals surface area contributed by atoms with Gasteiger partial charge in [0.05, 0.1) is 12.7 Å². The molecule has 6 nitrogen and oxygen atoms in total. The van der Waals surface area contributed by atoms with Gasteiger partial charge >= 0.3 is 0 Å². The molecular weight excluding hydrogens is 348 g/mol. The fourth-order valence-electron chi connectivity index (χ4n) is 7.90. The molecule has 1 spiro atoms. The van der Waals surface area contributed by atoms with E-state index in [1.165, 1.54) is 5.57 Å². The summed E-state index contributed by atoms with van der Waals surface area (Å²) in [5.74, 6) is -1.33. The summed E-state index contributed by atoms with van der Waals surface area (Å²) in [4.78, 5) is 11.9. The molecule has 0 aromatic rings. The first-order chi connectivity index (χ1) is 12.7. The van der Waals surface area contributed by atoms with Gasteiger partial charge in [0.15, 0.2) is 5.78 Å². The van der Waals surface area contributed by atoms with E-state index in [4.69, 9.17) is 4.74 Å². The van der Waals surface area contributed by atoms with Crippen LogP contribution in [0.5, 0.6) is 0 Å². The molecule has 8 atom stereocenters. The van der Waals surface area contributed by atoms with Gasteiger partial charge in [-0.1, -0.05) is 12.5 Å². The van der Waals surface area contributed by atoms with Crippen LogP contribution in [0.1, 0.15) is 51.9 Å². The van der Waals surface area contributed by atoms with Crippen LogP contribution in [0.3, 0.4) is 0 Å². The van der Waals surface area contributed by atoms with Gasteiger partial charge in [-0.3, -0.25) is 4.79 Å². The summed E-state index contributed by atoms with van der Waals surface area (Å²) < 4.78 is 5.58. The number of allylic oxidation sites excluding steroid dienone is 1. The molecule has 3 saturated carbocycles. The average molecular weight is 378 g/mol. The van der Waals surface area contributed by atoms with Crippen molar-refractivity contribution in [2.75, 3.05) is 13.2 Å². The van der Waals surface area contributed by atoms with Crippen LogP contribution in [0.4, 0.5) is 0 Å². The Morgan fingerprint density at radius 1 is 1.22 bits per heavy atom. The first-order valence-electron chi connectivity index (χ1n) is 10.3. The number of hydrogen-bond acceptors (Lipinski definition) is 6. The van der Waals surface area contributed by atoms with Gasteiger partial charge < -0.3 is 25.2 Å². The number of hydrogen-bond donors (Lipinski definition) is 4. The molecule has 150 valence electrons. The van der Waals surface area contributed by atoms with Gasteiger partial charge in [0.25, 0.3) is 0 Å². The number of carbonyl (C=O) groups excluding carboxylic acids is 1. The molecule has 0 unspecified atom stereocenters. The molecule has 0 bridgehead atoms. The maximum Gasteiger partial charge on any atom is 0.219 e. The van der Waals surface area contributed by atoms with Gasteiger partial charge in [-0.25, -0.2) is 0 Å². The maximum absolute atomic E-state index is 11.9. The lowest BCUT2D eigenvalue weighted by molar-refractivity contribution is -0.280. The van der Waals surface area contributed by atoms with Crippen molar-refractivity contribution >= 4 is 5.78 Å². The zero-order valence-corrected chi connectivity index (χ0v) is 15.9. The monoisotopic (exact) mass is 378 g/mol. The molecule has 27 heavy (non-hydrogen) atoms. The first kappa shape index (κ1) is 18.3. The van der Waals surface area contributed by atoms with Gasteiger partial charge in [-0.05, 0) is 67.8 Å². The Balaban J connectivity index is 1.56. The van der Waals surface area contributed by atoms with Crippen LogP contribution in [-0.2, 0) is 9.53 Å². The number of fused-ring (bicyclic) bond motifs is 4. The Morgan fingerprint density at radius 2 is 2.00 bits per heavy atom. The lowest BCUT2D eigenvalue weighted by atomic mass is 9.45. The van der Waals surface area contributed by atoms with Crippen LogP contribution in [0.25, 0.3) is 0 Å². The van der Waals surface area contributed by atoms with Gasteiger partial charge in [0, 0.05) is 11.8 Å². The molecule has 5 aliphatic rings. The second-order valence-electron chi connectivity index (χ2n) is 9.95. The van der Waals surface area contributed by atoms with Crippen molar-refractivity contribution < 1.29 is 30.0 Å². The summed E-state index contributed by atoms with van der Waals surface area (Å²) in [5.41, 5.74) is -1.23. The lowest BCUT2D eigenvalue weighted by Crippen LogP contribution is -2.64. The molecular formula is C21H30O6. The van der Waals surface area contributed by atoms with Crippen molar-refractivity contribution in [2.45, 2.75) is 69.4 Å². The summed E-state index contributed by atoms with van der Waals surface area (Å²) in [6, 6.07) is 0. The van der Waals surface area contributed by atoms with E-state index in [0.29, 0.717) is 19.3 Å². The fourth-order valence-corrected chi connectivity index (χ4v) is 7.90. The second-order valence-corrected chi connectivity index (χ2v) is 9.95. The molecule has 4 fully saturated rings. The Kier molecular flexibility index (Phi) is 3.66. The first-order valence-corrected chi connectivity index (χ1v) is 10.3. The van der Waals surface area contributed by atoms with Crippen LogP contribution in [-0.4, -0.2) is 56.9 Å². The highest BCUT2D eigenvalue weighted by molar-refractivity contribution is 5.91. The SMILES string of the molecule is C[C@]12CCC(=O)C=C1CC[C@@H]1[C@@H]2[C@@H](O)C[C@]23CO[C@](O)(CO)[C@@]2(O)CC[C@@H]13. The number of aliphatic hydroxyl groups is 4. The summed E-state index contributed by atoms with van der Waals surface area (Å²) >= 11 is 0. The molecule has 0 radical (unpaired) electrons. The number of carbonyl (C=O) groups is 1. The minimum Gasteiger partial charge on any atom is -0.393 e. The number of ether oxygens (including phenoxy) is 1. The summed E-state index contributed by atoms with van der Waals surface area (Å²) in [5, 5.41) is 43.2. The molecule has 5 rings (SSSR count). The van der Waals surface area contributed by atoms with Crippen molar-refractivity contribution in [3.63, 3.8) is 0 Å². The zero-order chi connectivity index (χ0) is 19.2. The molecule has 0 aromatic carbocycles. The molecule has 6 heteroatoms. The van der Waals surface area contributed by atoms with Crippen LogP contribution < -0.4 is 0 Å². The van der Waals surface area contributed by atoms with Crippen LogP contribution >= 0.6 is 0 Å². The van der Waals surface area contributed by atoms with Gasteiger partial charge in [-0.15, -0.1) is 0 Å². The van der Waals surface area contributed by atoms with Gasteiger partial charge in [0.1, 0.15) is 12.2 Å². The Labute approximate surface area is 159 Å². The summed E-state index contributed by atoms with van der Waals surface area (Å²) in [6.45, 7) is 1.72. The molecule has 0 amide bonds. The highest BCUT2D eigenvalue weighted by Crippen LogP contribution is 2.71. The summed E-state index contributed by atoms with van der Waals surface area (Å²) in [7, 11) is 0. The average Bonchev–Trinajstić information content (AvgIpc) is 3.04. The quantitative estimate of drug-likeness (QED) is 0.540. The zero-order valence-electron chi connectivity index (χ0n) is 15.9. The smallest absolute Gasteiger partial charge is 0.219 e. The third-order valence-electron chi connectivity index (χ3n) is 9.19. The normalized spacial score (nSPS) is 56.8.